The molecule has 3 heterocycles. The van der Waals surface area contributed by atoms with Gasteiger partial charge in [-0.2, -0.15) is 5.10 Å². The first-order valence-electron chi connectivity index (χ1n) is 4.71. The Balaban J connectivity index is 2.28. The number of nitrogens with one attached hydrogen (secondary N) is 1. The first kappa shape index (κ1) is 9.35. The number of anilines is 1. The van der Waals surface area contributed by atoms with E-state index >= 15 is 0 Å². The second-order valence-corrected chi connectivity index (χ2v) is 3.86. The number of halogens is 1. The van der Waals surface area contributed by atoms with Crippen molar-refractivity contribution in [3.8, 4) is 11.3 Å². The molecular formula is C10H7ClN4O. The first-order valence-corrected chi connectivity index (χ1v) is 5.09. The van der Waals surface area contributed by atoms with Crippen LogP contribution in [0.3, 0.4) is 0 Å². The van der Waals surface area contributed by atoms with E-state index in [1.54, 1.807) is 23.1 Å². The summed E-state index contributed by atoms with van der Waals surface area (Å²) in [5.41, 5.74) is 2.36. The number of hydrogen-bond donors (Lipinski definition) is 1. The molecule has 1 N–H and O–H groups in total. The van der Waals surface area contributed by atoms with Crippen LogP contribution >= 0.6 is 11.6 Å². The molecule has 16 heavy (non-hydrogen) atoms. The summed E-state index contributed by atoms with van der Waals surface area (Å²) in [7, 11) is 0. The number of fused-ring (bicyclic) bond motifs is 3. The van der Waals surface area contributed by atoms with Crippen LogP contribution in [0.1, 0.15) is 0 Å². The van der Waals surface area contributed by atoms with Gasteiger partial charge in [-0.3, -0.25) is 9.48 Å². The maximum absolute atomic E-state index is 11.6. The molecule has 5 nitrogen and oxygen atoms in total. The molecule has 1 amide bonds. The highest BCUT2D eigenvalue weighted by molar-refractivity contribution is 6.29. The smallest absolute Gasteiger partial charge is 0.246 e. The molecule has 0 spiro atoms. The molecule has 0 bridgehead atoms. The number of carbonyl (C=O) groups is 1. The number of pyridine rings is 1. The molecule has 0 fully saturated rings. The van der Waals surface area contributed by atoms with Gasteiger partial charge in [0, 0.05) is 18.0 Å². The van der Waals surface area contributed by atoms with Gasteiger partial charge in [0.1, 0.15) is 11.7 Å². The van der Waals surface area contributed by atoms with Crippen molar-refractivity contribution in [3.63, 3.8) is 0 Å². The molecular weight excluding hydrogens is 228 g/mol. The zero-order chi connectivity index (χ0) is 11.1. The van der Waals surface area contributed by atoms with Crippen LogP contribution in [0.25, 0.3) is 11.3 Å². The average Bonchev–Trinajstić information content (AvgIpc) is 2.61. The van der Waals surface area contributed by atoms with Crippen LogP contribution in [0.15, 0.2) is 24.5 Å². The highest BCUT2D eigenvalue weighted by Crippen LogP contribution is 2.30. The molecule has 0 aliphatic carbocycles. The zero-order valence-electron chi connectivity index (χ0n) is 8.14. The predicted molar refractivity (Wildman–Crippen MR) is 59.1 cm³/mol. The second kappa shape index (κ2) is 3.31. The maximum atomic E-state index is 11.6. The van der Waals surface area contributed by atoms with E-state index in [9.17, 15) is 4.79 Å². The van der Waals surface area contributed by atoms with Crippen LogP contribution in [0.5, 0.6) is 0 Å². The molecule has 0 saturated carbocycles. The summed E-state index contributed by atoms with van der Waals surface area (Å²) in [6, 6.07) is 3.48. The van der Waals surface area contributed by atoms with Crippen molar-refractivity contribution in [1.82, 2.24) is 14.8 Å². The average molecular weight is 235 g/mol. The highest BCUT2D eigenvalue weighted by atomic mass is 35.5. The summed E-state index contributed by atoms with van der Waals surface area (Å²) in [6.07, 6.45) is 3.29. The van der Waals surface area contributed by atoms with Gasteiger partial charge < -0.3 is 5.32 Å². The molecule has 0 unspecified atom stereocenters. The number of nitrogens with zero attached hydrogens (tertiary/aromatic N) is 3. The van der Waals surface area contributed by atoms with Crippen molar-refractivity contribution < 1.29 is 4.79 Å². The quantitative estimate of drug-likeness (QED) is 0.704. The maximum Gasteiger partial charge on any atom is 0.246 e. The molecule has 1 aliphatic heterocycles. The minimum atomic E-state index is -0.119. The lowest BCUT2D eigenvalue weighted by atomic mass is 10.2. The molecule has 6 heteroatoms. The van der Waals surface area contributed by atoms with Gasteiger partial charge in [0.25, 0.3) is 0 Å². The fourth-order valence-corrected chi connectivity index (χ4v) is 1.91. The molecule has 80 valence electrons. The van der Waals surface area contributed by atoms with E-state index in [0.29, 0.717) is 10.8 Å². The summed E-state index contributed by atoms with van der Waals surface area (Å²) < 4.78 is 1.64. The first-order chi connectivity index (χ1) is 7.74. The third kappa shape index (κ3) is 1.37. The molecule has 0 radical (unpaired) electrons. The van der Waals surface area contributed by atoms with Crippen molar-refractivity contribution in [2.75, 3.05) is 5.32 Å². The van der Waals surface area contributed by atoms with E-state index in [2.05, 4.69) is 15.4 Å². The van der Waals surface area contributed by atoms with Gasteiger partial charge in [0.15, 0.2) is 0 Å². The molecule has 3 rings (SSSR count). The van der Waals surface area contributed by atoms with Gasteiger partial charge in [0.2, 0.25) is 5.91 Å². The van der Waals surface area contributed by atoms with E-state index in [1.807, 2.05) is 6.07 Å². The molecule has 0 saturated heterocycles. The van der Waals surface area contributed by atoms with Crippen LogP contribution in [0.2, 0.25) is 5.15 Å². The molecule has 1 aliphatic rings. The summed E-state index contributed by atoms with van der Waals surface area (Å²) in [5, 5.41) is 7.21. The number of amides is 1. The van der Waals surface area contributed by atoms with Crippen molar-refractivity contribution >= 4 is 23.2 Å². The number of carbonyl (C=O) groups excluding carboxylic acids is 1. The SMILES string of the molecule is O=C1Cn2nccc2-c2cnc(Cl)cc2N1. The van der Waals surface area contributed by atoms with Crippen LogP contribution < -0.4 is 5.32 Å². The van der Waals surface area contributed by atoms with Crippen molar-refractivity contribution in [1.29, 1.82) is 0 Å². The van der Waals surface area contributed by atoms with Crippen LogP contribution in [-0.4, -0.2) is 20.7 Å². The van der Waals surface area contributed by atoms with E-state index in [4.69, 9.17) is 11.6 Å². The number of hydrogen-bond acceptors (Lipinski definition) is 3. The fraction of sp³-hybridized carbons (Fsp3) is 0.100. The fourth-order valence-electron chi connectivity index (χ4n) is 1.75. The zero-order valence-corrected chi connectivity index (χ0v) is 8.90. The van der Waals surface area contributed by atoms with Crippen LogP contribution in [-0.2, 0) is 11.3 Å². The molecule has 0 aromatic carbocycles. The van der Waals surface area contributed by atoms with Gasteiger partial charge in [-0.1, -0.05) is 11.6 Å². The normalized spacial score (nSPS) is 13.7. The van der Waals surface area contributed by atoms with Gasteiger partial charge in [-0.25, -0.2) is 4.98 Å². The Labute approximate surface area is 96.1 Å². The van der Waals surface area contributed by atoms with E-state index in [0.717, 1.165) is 11.3 Å². The third-order valence-electron chi connectivity index (χ3n) is 2.43. The number of rotatable bonds is 0. The molecule has 2 aromatic heterocycles. The highest BCUT2D eigenvalue weighted by Gasteiger charge is 2.19. The summed E-state index contributed by atoms with van der Waals surface area (Å²) in [4.78, 5) is 15.6. The molecule has 0 atom stereocenters. The van der Waals surface area contributed by atoms with E-state index in [-0.39, 0.29) is 12.5 Å². The Morgan fingerprint density at radius 1 is 1.50 bits per heavy atom. The topological polar surface area (TPSA) is 59.8 Å². The monoisotopic (exact) mass is 234 g/mol. The Morgan fingerprint density at radius 2 is 2.38 bits per heavy atom. The minimum Gasteiger partial charge on any atom is -0.324 e. The Morgan fingerprint density at radius 3 is 3.25 bits per heavy atom. The van der Waals surface area contributed by atoms with Gasteiger partial charge >= 0.3 is 0 Å². The standard InChI is InChI=1S/C10H7ClN4O/c11-9-3-7-6(4-12-9)8-1-2-13-15(8)5-10(16)14-7/h1-4H,5H2,(H,14,16). The molecule has 2 aromatic rings. The van der Waals surface area contributed by atoms with E-state index < -0.39 is 0 Å². The Hall–Kier alpha value is -1.88. The second-order valence-electron chi connectivity index (χ2n) is 3.47. The van der Waals surface area contributed by atoms with Crippen LogP contribution in [0, 0.1) is 0 Å². The van der Waals surface area contributed by atoms with Crippen molar-refractivity contribution in [2.24, 2.45) is 0 Å². The van der Waals surface area contributed by atoms with Gasteiger partial charge in [-0.15, -0.1) is 0 Å². The summed E-state index contributed by atoms with van der Waals surface area (Å²) in [6.45, 7) is 0.203. The van der Waals surface area contributed by atoms with Crippen LogP contribution in [0.4, 0.5) is 5.69 Å². The lowest BCUT2D eigenvalue weighted by Gasteiger charge is -2.05. The van der Waals surface area contributed by atoms with Crippen molar-refractivity contribution in [2.45, 2.75) is 6.54 Å². The Bertz CT molecular complexity index is 578. The van der Waals surface area contributed by atoms with Gasteiger partial charge in [0.05, 0.1) is 11.4 Å². The minimum absolute atomic E-state index is 0.119. The third-order valence-corrected chi connectivity index (χ3v) is 2.64. The lowest BCUT2D eigenvalue weighted by molar-refractivity contribution is -0.116. The summed E-state index contributed by atoms with van der Waals surface area (Å²) >= 11 is 5.79. The Kier molecular flexibility index (Phi) is 1.94. The lowest BCUT2D eigenvalue weighted by Crippen LogP contribution is -2.17. The number of aromatic nitrogens is 3. The largest absolute Gasteiger partial charge is 0.324 e. The summed E-state index contributed by atoms with van der Waals surface area (Å²) in [5.74, 6) is -0.119. The van der Waals surface area contributed by atoms with Crippen molar-refractivity contribution in [3.05, 3.63) is 29.7 Å². The predicted octanol–water partition coefficient (Wildman–Crippen LogP) is 1.55. The van der Waals surface area contributed by atoms with E-state index in [1.165, 1.54) is 0 Å². The van der Waals surface area contributed by atoms with Gasteiger partial charge in [-0.05, 0) is 12.1 Å².